The lowest BCUT2D eigenvalue weighted by Crippen LogP contribution is -2.02. The zero-order valence-corrected chi connectivity index (χ0v) is 10.2. The van der Waals surface area contributed by atoms with Crippen LogP contribution in [0.1, 0.15) is 31.0 Å². The van der Waals surface area contributed by atoms with E-state index in [1.807, 2.05) is 0 Å². The molecular weight excluding hydrogens is 198 g/mol. The van der Waals surface area contributed by atoms with Crippen molar-refractivity contribution in [3.8, 4) is 11.4 Å². The summed E-state index contributed by atoms with van der Waals surface area (Å²) in [5, 5.41) is 8.19. The average molecular weight is 215 g/mol. The predicted octanol–water partition coefficient (Wildman–Crippen LogP) is 3.14. The zero-order chi connectivity index (χ0) is 11.7. The Balaban J connectivity index is 2.54. The Kier molecular flexibility index (Phi) is 2.77. The summed E-state index contributed by atoms with van der Waals surface area (Å²) >= 11 is 0. The molecule has 0 aliphatic carbocycles. The summed E-state index contributed by atoms with van der Waals surface area (Å²) in [6.45, 7) is 8.48. The van der Waals surface area contributed by atoms with Gasteiger partial charge in [-0.05, 0) is 39.8 Å². The first kappa shape index (κ1) is 10.9. The number of hydrogen-bond donors (Lipinski definition) is 0. The lowest BCUT2D eigenvalue weighted by molar-refractivity contribution is 0.604. The van der Waals surface area contributed by atoms with Crippen LogP contribution in [0, 0.1) is 13.8 Å². The summed E-state index contributed by atoms with van der Waals surface area (Å²) in [5.74, 6) is 0.946. The molecule has 0 atom stereocenters. The molecule has 1 heterocycles. The van der Waals surface area contributed by atoms with Crippen LogP contribution in [-0.4, -0.2) is 14.8 Å². The lowest BCUT2D eigenvalue weighted by atomic mass is 10.1. The zero-order valence-electron chi connectivity index (χ0n) is 10.2. The topological polar surface area (TPSA) is 30.7 Å². The molecular formula is C13H17N3. The molecule has 0 aliphatic rings. The average Bonchev–Trinajstić information content (AvgIpc) is 2.63. The van der Waals surface area contributed by atoms with Crippen LogP contribution in [0.2, 0.25) is 0 Å². The van der Waals surface area contributed by atoms with E-state index in [-0.39, 0.29) is 0 Å². The van der Waals surface area contributed by atoms with Crippen molar-refractivity contribution in [2.75, 3.05) is 0 Å². The third-order valence-corrected chi connectivity index (χ3v) is 2.61. The van der Waals surface area contributed by atoms with E-state index in [0.29, 0.717) is 6.04 Å². The largest absolute Gasteiger partial charge is 0.311 e. The predicted molar refractivity (Wildman–Crippen MR) is 65.3 cm³/mol. The van der Waals surface area contributed by atoms with E-state index >= 15 is 0 Å². The standard InChI is InChI=1S/C13H17N3/c1-9(2)16-8-14-15-13(16)12-6-10(3)5-11(4)7-12/h5-9H,1-4H3. The number of nitrogens with zero attached hydrogens (tertiary/aromatic N) is 3. The molecule has 2 aromatic rings. The van der Waals surface area contributed by atoms with Crippen LogP contribution < -0.4 is 0 Å². The van der Waals surface area contributed by atoms with Crippen molar-refractivity contribution in [3.05, 3.63) is 35.7 Å². The van der Waals surface area contributed by atoms with Gasteiger partial charge in [0, 0.05) is 11.6 Å². The van der Waals surface area contributed by atoms with E-state index in [9.17, 15) is 0 Å². The molecule has 0 bridgehead atoms. The minimum Gasteiger partial charge on any atom is -0.311 e. The van der Waals surface area contributed by atoms with Gasteiger partial charge in [0.05, 0.1) is 0 Å². The van der Waals surface area contributed by atoms with Gasteiger partial charge in [0.2, 0.25) is 0 Å². The Morgan fingerprint density at radius 3 is 2.25 bits per heavy atom. The maximum Gasteiger partial charge on any atom is 0.163 e. The van der Waals surface area contributed by atoms with Gasteiger partial charge in [0.1, 0.15) is 6.33 Å². The van der Waals surface area contributed by atoms with Gasteiger partial charge in [0.25, 0.3) is 0 Å². The highest BCUT2D eigenvalue weighted by Crippen LogP contribution is 2.22. The van der Waals surface area contributed by atoms with E-state index in [4.69, 9.17) is 0 Å². The Morgan fingerprint density at radius 1 is 1.06 bits per heavy atom. The first-order chi connectivity index (χ1) is 7.58. The molecule has 0 saturated carbocycles. The van der Waals surface area contributed by atoms with E-state index in [1.54, 1.807) is 6.33 Å². The summed E-state index contributed by atoms with van der Waals surface area (Å²) in [7, 11) is 0. The number of rotatable bonds is 2. The molecule has 0 N–H and O–H groups in total. The molecule has 0 unspecified atom stereocenters. The number of aromatic nitrogens is 3. The van der Waals surface area contributed by atoms with E-state index < -0.39 is 0 Å². The molecule has 0 spiro atoms. The molecule has 3 nitrogen and oxygen atoms in total. The summed E-state index contributed by atoms with van der Waals surface area (Å²) in [5.41, 5.74) is 3.66. The van der Waals surface area contributed by atoms with Crippen molar-refractivity contribution in [1.82, 2.24) is 14.8 Å². The molecule has 1 aromatic heterocycles. The van der Waals surface area contributed by atoms with E-state index in [0.717, 1.165) is 11.4 Å². The van der Waals surface area contributed by atoms with Crippen molar-refractivity contribution >= 4 is 0 Å². The van der Waals surface area contributed by atoms with E-state index in [1.165, 1.54) is 11.1 Å². The highest BCUT2D eigenvalue weighted by Gasteiger charge is 2.10. The first-order valence-corrected chi connectivity index (χ1v) is 5.56. The third kappa shape index (κ3) is 1.98. The second kappa shape index (κ2) is 4.08. The minimum absolute atomic E-state index is 0.380. The highest BCUT2D eigenvalue weighted by molar-refractivity contribution is 5.57. The fourth-order valence-electron chi connectivity index (χ4n) is 1.93. The molecule has 0 aliphatic heterocycles. The Morgan fingerprint density at radius 2 is 1.69 bits per heavy atom. The maximum absolute atomic E-state index is 4.20. The van der Waals surface area contributed by atoms with Gasteiger partial charge >= 0.3 is 0 Å². The Labute approximate surface area is 96.1 Å². The molecule has 16 heavy (non-hydrogen) atoms. The van der Waals surface area contributed by atoms with Crippen molar-refractivity contribution in [3.63, 3.8) is 0 Å². The first-order valence-electron chi connectivity index (χ1n) is 5.56. The van der Waals surface area contributed by atoms with Crippen molar-refractivity contribution in [1.29, 1.82) is 0 Å². The van der Waals surface area contributed by atoms with Crippen LogP contribution >= 0.6 is 0 Å². The number of benzene rings is 1. The summed E-state index contributed by atoms with van der Waals surface area (Å²) < 4.78 is 2.09. The summed E-state index contributed by atoms with van der Waals surface area (Å²) in [4.78, 5) is 0. The van der Waals surface area contributed by atoms with Gasteiger partial charge in [-0.3, -0.25) is 0 Å². The van der Waals surface area contributed by atoms with Crippen LogP contribution in [0.5, 0.6) is 0 Å². The molecule has 3 heteroatoms. The minimum atomic E-state index is 0.380. The molecule has 0 saturated heterocycles. The SMILES string of the molecule is Cc1cc(C)cc(-c2nncn2C(C)C)c1. The second-order valence-corrected chi connectivity index (χ2v) is 4.53. The Bertz CT molecular complexity index is 477. The van der Waals surface area contributed by atoms with Crippen LogP contribution in [0.4, 0.5) is 0 Å². The van der Waals surface area contributed by atoms with Gasteiger partial charge in [-0.25, -0.2) is 0 Å². The lowest BCUT2D eigenvalue weighted by Gasteiger charge is -2.10. The number of hydrogen-bond acceptors (Lipinski definition) is 2. The van der Waals surface area contributed by atoms with Gasteiger partial charge in [-0.2, -0.15) is 0 Å². The smallest absolute Gasteiger partial charge is 0.163 e. The van der Waals surface area contributed by atoms with Crippen LogP contribution in [0.15, 0.2) is 24.5 Å². The van der Waals surface area contributed by atoms with Gasteiger partial charge in [-0.15, -0.1) is 10.2 Å². The molecule has 1 aromatic carbocycles. The molecule has 2 rings (SSSR count). The molecule has 84 valence electrons. The van der Waals surface area contributed by atoms with Gasteiger partial charge < -0.3 is 4.57 Å². The van der Waals surface area contributed by atoms with Crippen molar-refractivity contribution in [2.45, 2.75) is 33.7 Å². The van der Waals surface area contributed by atoms with Crippen LogP contribution in [0.3, 0.4) is 0 Å². The monoisotopic (exact) mass is 215 g/mol. The third-order valence-electron chi connectivity index (χ3n) is 2.61. The fraction of sp³-hybridized carbons (Fsp3) is 0.385. The fourth-order valence-corrected chi connectivity index (χ4v) is 1.93. The normalized spacial score (nSPS) is 11.1. The van der Waals surface area contributed by atoms with E-state index in [2.05, 4.69) is 60.7 Å². The molecule has 0 radical (unpaired) electrons. The van der Waals surface area contributed by atoms with Crippen LogP contribution in [0.25, 0.3) is 11.4 Å². The molecule has 0 fully saturated rings. The second-order valence-electron chi connectivity index (χ2n) is 4.53. The molecule has 0 amide bonds. The van der Waals surface area contributed by atoms with Crippen molar-refractivity contribution < 1.29 is 0 Å². The van der Waals surface area contributed by atoms with Gasteiger partial charge in [-0.1, -0.05) is 17.2 Å². The highest BCUT2D eigenvalue weighted by atomic mass is 15.3. The van der Waals surface area contributed by atoms with Gasteiger partial charge in [0.15, 0.2) is 5.82 Å². The van der Waals surface area contributed by atoms with Crippen molar-refractivity contribution in [2.24, 2.45) is 0 Å². The maximum atomic E-state index is 4.20. The summed E-state index contributed by atoms with van der Waals surface area (Å²) in [6, 6.07) is 6.84. The Hall–Kier alpha value is -1.64. The number of aryl methyl sites for hydroxylation is 2. The summed E-state index contributed by atoms with van der Waals surface area (Å²) in [6.07, 6.45) is 1.79. The quantitative estimate of drug-likeness (QED) is 0.770. The van der Waals surface area contributed by atoms with Crippen LogP contribution in [-0.2, 0) is 0 Å².